The highest BCUT2D eigenvalue weighted by Crippen LogP contribution is 2.56. The first-order valence-electron chi connectivity index (χ1n) is 11.0. The number of rotatable bonds is 3. The summed E-state index contributed by atoms with van der Waals surface area (Å²) in [6, 6.07) is 25.4. The lowest BCUT2D eigenvalue weighted by molar-refractivity contribution is 0.0270. The molecule has 0 N–H and O–H groups in total. The fourth-order valence-electron chi connectivity index (χ4n) is 5.37. The highest BCUT2D eigenvalue weighted by molar-refractivity contribution is 5.95. The van der Waals surface area contributed by atoms with Gasteiger partial charge in [0.1, 0.15) is 5.82 Å². The summed E-state index contributed by atoms with van der Waals surface area (Å²) >= 11 is 0. The van der Waals surface area contributed by atoms with Crippen LogP contribution in [0.1, 0.15) is 40.4 Å². The summed E-state index contributed by atoms with van der Waals surface area (Å²) < 4.78 is 13.9. The van der Waals surface area contributed by atoms with Gasteiger partial charge in [0, 0.05) is 36.3 Å². The van der Waals surface area contributed by atoms with E-state index in [0.717, 1.165) is 49.3 Å². The second-order valence-electron chi connectivity index (χ2n) is 8.89. The van der Waals surface area contributed by atoms with Crippen molar-refractivity contribution >= 4 is 11.6 Å². The standard InChI is InChI=1S/C27H27FN2O/c1-20-8-5-6-13-24(20)26(31)29-16-14-27(15-17-29)19-30(23-12-7-11-22(28)18-23)25(27)21-9-3-2-4-10-21/h2-13,18,25H,14-17,19H2,1H3. The van der Waals surface area contributed by atoms with Gasteiger partial charge in [0.2, 0.25) is 0 Å². The Hall–Kier alpha value is -3.14. The molecule has 0 bridgehead atoms. The minimum Gasteiger partial charge on any atom is -0.363 e. The Kier molecular flexibility index (Phi) is 5.01. The number of hydrogen-bond donors (Lipinski definition) is 0. The number of nitrogens with zero attached hydrogens (tertiary/aromatic N) is 2. The molecule has 2 aliphatic heterocycles. The van der Waals surface area contributed by atoms with Gasteiger partial charge in [-0.1, -0.05) is 54.6 Å². The smallest absolute Gasteiger partial charge is 0.254 e. The number of aryl methyl sites for hydroxylation is 1. The van der Waals surface area contributed by atoms with Crippen LogP contribution in [0.2, 0.25) is 0 Å². The number of halogens is 1. The zero-order valence-electron chi connectivity index (χ0n) is 17.8. The van der Waals surface area contributed by atoms with E-state index in [9.17, 15) is 9.18 Å². The molecule has 0 radical (unpaired) electrons. The van der Waals surface area contributed by atoms with E-state index in [4.69, 9.17) is 0 Å². The number of anilines is 1. The van der Waals surface area contributed by atoms with E-state index in [1.54, 1.807) is 12.1 Å². The van der Waals surface area contributed by atoms with Gasteiger partial charge in [-0.05, 0) is 55.2 Å². The Balaban J connectivity index is 1.38. The topological polar surface area (TPSA) is 23.6 Å². The summed E-state index contributed by atoms with van der Waals surface area (Å²) in [5.41, 5.74) is 4.12. The first-order chi connectivity index (χ1) is 15.1. The molecule has 4 heteroatoms. The number of amides is 1. The molecule has 1 spiro atoms. The molecular weight excluding hydrogens is 387 g/mol. The Bertz CT molecular complexity index is 1090. The van der Waals surface area contributed by atoms with Crippen LogP contribution >= 0.6 is 0 Å². The fourth-order valence-corrected chi connectivity index (χ4v) is 5.37. The van der Waals surface area contributed by atoms with Crippen molar-refractivity contribution in [3.05, 3.63) is 101 Å². The summed E-state index contributed by atoms with van der Waals surface area (Å²) in [5.74, 6) is -0.0746. The average molecular weight is 415 g/mol. The summed E-state index contributed by atoms with van der Waals surface area (Å²) in [4.78, 5) is 17.4. The molecule has 31 heavy (non-hydrogen) atoms. The van der Waals surface area contributed by atoms with Crippen molar-refractivity contribution in [3.8, 4) is 0 Å². The fraction of sp³-hybridized carbons (Fsp3) is 0.296. The molecule has 1 atom stereocenters. The number of hydrogen-bond acceptors (Lipinski definition) is 2. The van der Waals surface area contributed by atoms with Gasteiger partial charge >= 0.3 is 0 Å². The van der Waals surface area contributed by atoms with Crippen molar-refractivity contribution in [2.75, 3.05) is 24.5 Å². The van der Waals surface area contributed by atoms with Crippen LogP contribution in [0, 0.1) is 18.2 Å². The SMILES string of the molecule is Cc1ccccc1C(=O)N1CCC2(CC1)CN(c1cccc(F)c1)C2c1ccccc1. The second kappa shape index (κ2) is 7.84. The molecule has 0 saturated carbocycles. The predicted octanol–water partition coefficient (Wildman–Crippen LogP) is 5.62. The highest BCUT2D eigenvalue weighted by Gasteiger charge is 2.54. The summed E-state index contributed by atoms with van der Waals surface area (Å²) in [5, 5.41) is 0. The van der Waals surface area contributed by atoms with Crippen LogP contribution < -0.4 is 4.90 Å². The molecule has 1 amide bonds. The van der Waals surface area contributed by atoms with Crippen LogP contribution in [0.5, 0.6) is 0 Å². The van der Waals surface area contributed by atoms with Crippen LogP contribution in [-0.2, 0) is 0 Å². The van der Waals surface area contributed by atoms with Crippen LogP contribution in [0.25, 0.3) is 0 Å². The molecule has 1 unspecified atom stereocenters. The average Bonchev–Trinajstić information content (AvgIpc) is 2.78. The number of likely N-dealkylation sites (tertiary alicyclic amines) is 1. The van der Waals surface area contributed by atoms with Crippen molar-refractivity contribution in [1.82, 2.24) is 4.90 Å². The first-order valence-corrected chi connectivity index (χ1v) is 11.0. The van der Waals surface area contributed by atoms with Gasteiger partial charge in [-0.2, -0.15) is 0 Å². The molecule has 2 heterocycles. The first kappa shape index (κ1) is 19.8. The molecule has 2 fully saturated rings. The number of carbonyl (C=O) groups excluding carboxylic acids is 1. The van der Waals surface area contributed by atoms with Crippen LogP contribution in [0.3, 0.4) is 0 Å². The van der Waals surface area contributed by atoms with Crippen molar-refractivity contribution in [2.45, 2.75) is 25.8 Å². The summed E-state index contributed by atoms with van der Waals surface area (Å²) in [7, 11) is 0. The number of carbonyl (C=O) groups is 1. The normalized spacial score (nSPS) is 19.9. The van der Waals surface area contributed by atoms with Crippen LogP contribution in [0.4, 0.5) is 10.1 Å². The molecule has 2 aliphatic rings. The Morgan fingerprint density at radius 3 is 2.35 bits per heavy atom. The van der Waals surface area contributed by atoms with Gasteiger partial charge in [0.15, 0.2) is 0 Å². The van der Waals surface area contributed by atoms with Crippen molar-refractivity contribution in [3.63, 3.8) is 0 Å². The maximum atomic E-state index is 13.9. The lowest BCUT2D eigenvalue weighted by Gasteiger charge is -2.61. The third kappa shape index (κ3) is 3.50. The zero-order chi connectivity index (χ0) is 21.4. The molecule has 0 aromatic heterocycles. The Morgan fingerprint density at radius 1 is 0.935 bits per heavy atom. The van der Waals surface area contributed by atoms with E-state index < -0.39 is 0 Å². The van der Waals surface area contributed by atoms with E-state index >= 15 is 0 Å². The molecule has 3 aromatic rings. The van der Waals surface area contributed by atoms with E-state index in [1.807, 2.05) is 48.2 Å². The van der Waals surface area contributed by atoms with Crippen molar-refractivity contribution in [1.29, 1.82) is 0 Å². The minimum atomic E-state index is -0.205. The lowest BCUT2D eigenvalue weighted by atomic mass is 9.63. The van der Waals surface area contributed by atoms with Crippen molar-refractivity contribution < 1.29 is 9.18 Å². The van der Waals surface area contributed by atoms with E-state index in [-0.39, 0.29) is 23.2 Å². The zero-order valence-corrected chi connectivity index (χ0v) is 17.8. The molecule has 0 aliphatic carbocycles. The minimum absolute atomic E-state index is 0.107. The van der Waals surface area contributed by atoms with Gasteiger partial charge in [0.25, 0.3) is 5.91 Å². The molecule has 2 saturated heterocycles. The molecular formula is C27H27FN2O. The Morgan fingerprint density at radius 2 is 1.65 bits per heavy atom. The molecule has 3 aromatic carbocycles. The molecule has 158 valence electrons. The Labute approximate surface area is 183 Å². The van der Waals surface area contributed by atoms with Gasteiger partial charge in [0.05, 0.1) is 6.04 Å². The molecule has 5 rings (SSSR count). The third-order valence-corrected chi connectivity index (χ3v) is 7.05. The van der Waals surface area contributed by atoms with Gasteiger partial charge < -0.3 is 9.80 Å². The maximum absolute atomic E-state index is 13.9. The lowest BCUT2D eigenvalue weighted by Crippen LogP contribution is -2.62. The number of piperidine rings is 1. The predicted molar refractivity (Wildman–Crippen MR) is 122 cm³/mol. The van der Waals surface area contributed by atoms with E-state index in [0.29, 0.717) is 0 Å². The summed E-state index contributed by atoms with van der Waals surface area (Å²) in [6.07, 6.45) is 1.91. The van der Waals surface area contributed by atoms with Crippen molar-refractivity contribution in [2.24, 2.45) is 5.41 Å². The highest BCUT2D eigenvalue weighted by atomic mass is 19.1. The second-order valence-corrected chi connectivity index (χ2v) is 8.89. The maximum Gasteiger partial charge on any atom is 0.254 e. The largest absolute Gasteiger partial charge is 0.363 e. The van der Waals surface area contributed by atoms with E-state index in [1.165, 1.54) is 11.6 Å². The van der Waals surface area contributed by atoms with Crippen LogP contribution in [-0.4, -0.2) is 30.4 Å². The summed E-state index contributed by atoms with van der Waals surface area (Å²) in [6.45, 7) is 4.40. The molecule has 3 nitrogen and oxygen atoms in total. The van der Waals surface area contributed by atoms with E-state index in [2.05, 4.69) is 29.2 Å². The quantitative estimate of drug-likeness (QED) is 0.555. The monoisotopic (exact) mass is 414 g/mol. The van der Waals surface area contributed by atoms with Crippen LogP contribution in [0.15, 0.2) is 78.9 Å². The van der Waals surface area contributed by atoms with Gasteiger partial charge in [-0.3, -0.25) is 4.79 Å². The third-order valence-electron chi connectivity index (χ3n) is 7.05. The number of benzene rings is 3. The van der Waals surface area contributed by atoms with Gasteiger partial charge in [-0.15, -0.1) is 0 Å². The van der Waals surface area contributed by atoms with Gasteiger partial charge in [-0.25, -0.2) is 4.39 Å².